The number of nitrogens with two attached hydrogens (primary N) is 1. The zero-order valence-corrected chi connectivity index (χ0v) is 19.5. The number of amides is 1. The molecule has 0 aliphatic heterocycles. The van der Waals surface area contributed by atoms with Crippen LogP contribution in [0.4, 0.5) is 0 Å². The van der Waals surface area contributed by atoms with Gasteiger partial charge in [-0.2, -0.15) is 0 Å². The predicted molar refractivity (Wildman–Crippen MR) is 117 cm³/mol. The molecule has 9 heteroatoms. The first kappa shape index (κ1) is 24.8. The largest absolute Gasteiger partial charge is 0.479 e. The van der Waals surface area contributed by atoms with Crippen molar-refractivity contribution in [3.63, 3.8) is 0 Å². The van der Waals surface area contributed by atoms with Gasteiger partial charge in [-0.15, -0.1) is 0 Å². The molecule has 0 saturated carbocycles. The van der Waals surface area contributed by atoms with Gasteiger partial charge in [0.1, 0.15) is 0 Å². The van der Waals surface area contributed by atoms with Gasteiger partial charge in [0.2, 0.25) is 20.6 Å². The number of hydrogen-bond acceptors (Lipinski definition) is 5. The van der Waals surface area contributed by atoms with Crippen molar-refractivity contribution in [3.8, 4) is 0 Å². The summed E-state index contributed by atoms with van der Waals surface area (Å²) in [5.41, 5.74) is 6.39. The molecular formula is C19H29IN2O5S. The maximum Gasteiger partial charge on any atom is 0.346 e. The van der Waals surface area contributed by atoms with Gasteiger partial charge in [0, 0.05) is 6.54 Å². The van der Waals surface area contributed by atoms with E-state index in [1.165, 1.54) is 12.1 Å². The van der Waals surface area contributed by atoms with Crippen molar-refractivity contribution in [1.29, 1.82) is 0 Å². The molecule has 1 amide bonds. The molecule has 1 rings (SSSR count). The zero-order valence-electron chi connectivity index (χ0n) is 16.5. The molecular weight excluding hydrogens is 495 g/mol. The Morgan fingerprint density at radius 1 is 1.21 bits per heavy atom. The maximum absolute atomic E-state index is 13.6. The maximum atomic E-state index is 13.6. The number of hydrogen-bond donors (Lipinski definition) is 2. The fraction of sp³-hybridized carbons (Fsp3) is 0.579. The molecule has 1 aromatic carbocycles. The Bertz CT molecular complexity index is 780. The molecule has 0 aliphatic carbocycles. The van der Waals surface area contributed by atoms with Gasteiger partial charge in [-0.25, -0.2) is 13.2 Å². The third-order valence-electron chi connectivity index (χ3n) is 4.48. The van der Waals surface area contributed by atoms with Crippen LogP contribution in [-0.2, 0) is 19.4 Å². The first-order valence-electron chi connectivity index (χ1n) is 9.15. The minimum absolute atomic E-state index is 0.0141. The molecule has 0 saturated heterocycles. The highest BCUT2D eigenvalue weighted by Gasteiger charge is 2.57. The van der Waals surface area contributed by atoms with E-state index >= 15 is 0 Å². The summed E-state index contributed by atoms with van der Waals surface area (Å²) in [6, 6.07) is 6.03. The molecule has 0 aromatic heterocycles. The molecule has 1 aromatic rings. The molecule has 1 atom stereocenters. The van der Waals surface area contributed by atoms with Crippen LogP contribution in [0.25, 0.3) is 0 Å². The normalized spacial score (nSPS) is 13.9. The van der Waals surface area contributed by atoms with Crippen LogP contribution in [0, 0.1) is 12.8 Å². The number of halogens is 1. The van der Waals surface area contributed by atoms with Crippen LogP contribution in [0.15, 0.2) is 29.2 Å². The second kappa shape index (κ2) is 10.5. The van der Waals surface area contributed by atoms with Crippen molar-refractivity contribution < 1.29 is 23.1 Å². The van der Waals surface area contributed by atoms with E-state index in [0.717, 1.165) is 10.5 Å². The average molecular weight is 524 g/mol. The van der Waals surface area contributed by atoms with Crippen LogP contribution >= 0.6 is 22.6 Å². The monoisotopic (exact) mass is 524 g/mol. The first-order chi connectivity index (χ1) is 13.0. The van der Waals surface area contributed by atoms with E-state index < -0.39 is 26.6 Å². The summed E-state index contributed by atoms with van der Waals surface area (Å²) in [7, 11) is -4.40. The highest BCUT2D eigenvalue weighted by Crippen LogP contribution is 2.36. The molecule has 3 N–H and O–H groups in total. The lowest BCUT2D eigenvalue weighted by Crippen LogP contribution is -2.63. The van der Waals surface area contributed by atoms with Crippen LogP contribution in [0.2, 0.25) is 0 Å². The van der Waals surface area contributed by atoms with E-state index in [9.17, 15) is 23.1 Å². The van der Waals surface area contributed by atoms with Gasteiger partial charge in [-0.1, -0.05) is 54.1 Å². The van der Waals surface area contributed by atoms with Crippen LogP contribution < -0.4 is 5.73 Å². The minimum atomic E-state index is -4.40. The highest BCUT2D eigenvalue weighted by molar-refractivity contribution is 14.1. The van der Waals surface area contributed by atoms with Gasteiger partial charge in [0.25, 0.3) is 0 Å². The van der Waals surface area contributed by atoms with Gasteiger partial charge >= 0.3 is 5.97 Å². The summed E-state index contributed by atoms with van der Waals surface area (Å²) >= 11 is 1.83. The second-order valence-corrected chi connectivity index (χ2v) is 10.1. The predicted octanol–water partition coefficient (Wildman–Crippen LogP) is 2.60. The molecule has 0 spiro atoms. The van der Waals surface area contributed by atoms with Crippen LogP contribution in [0.3, 0.4) is 0 Å². The van der Waals surface area contributed by atoms with E-state index in [1.807, 2.05) is 43.4 Å². The quantitative estimate of drug-likeness (QED) is 0.261. The Morgan fingerprint density at radius 3 is 2.21 bits per heavy atom. The van der Waals surface area contributed by atoms with Crippen molar-refractivity contribution in [2.45, 2.75) is 49.8 Å². The summed E-state index contributed by atoms with van der Waals surface area (Å²) in [5, 5.41) is 10.2. The van der Waals surface area contributed by atoms with E-state index in [1.54, 1.807) is 12.1 Å². The van der Waals surface area contributed by atoms with Crippen LogP contribution in [-0.4, -0.2) is 52.7 Å². The number of benzene rings is 1. The number of alkyl halides is 1. The lowest BCUT2D eigenvalue weighted by Gasteiger charge is -2.40. The Labute approximate surface area is 180 Å². The Morgan fingerprint density at radius 2 is 1.79 bits per heavy atom. The number of carbonyl (C=O) groups is 2. The van der Waals surface area contributed by atoms with Crippen molar-refractivity contribution in [2.24, 2.45) is 11.7 Å². The van der Waals surface area contributed by atoms with Gasteiger partial charge in [0.15, 0.2) is 0 Å². The summed E-state index contributed by atoms with van der Waals surface area (Å²) in [6.45, 7) is 5.79. The molecule has 0 aliphatic rings. The molecule has 0 radical (unpaired) electrons. The van der Waals surface area contributed by atoms with Gasteiger partial charge in [0.05, 0.1) is 9.32 Å². The average Bonchev–Trinajstić information content (AvgIpc) is 2.63. The molecule has 158 valence electrons. The first-order valence-corrected chi connectivity index (χ1v) is 12.2. The Kier molecular flexibility index (Phi) is 9.35. The number of carbonyl (C=O) groups excluding carboxylic acids is 1. The fourth-order valence-electron chi connectivity index (χ4n) is 3.06. The number of carboxylic acid groups (broad SMARTS) is 1. The zero-order chi connectivity index (χ0) is 21.5. The number of rotatable bonds is 11. The molecule has 28 heavy (non-hydrogen) atoms. The molecule has 0 heterocycles. The summed E-state index contributed by atoms with van der Waals surface area (Å²) in [5.74, 6) is -2.16. The lowest BCUT2D eigenvalue weighted by molar-refractivity contribution is -0.153. The standard InChI is InChI=1S/C19H29IN2O5S/c1-14(2)13-22(17(23)12-20)19(18(24)25,10-4-5-11-21)28(26,27)16-8-6-15(3)7-9-16/h6-9,14H,4-5,10-13,21H2,1-3H3,(H,24,25)/t19-/m1/s1. The molecule has 0 fully saturated rings. The third kappa shape index (κ3) is 5.24. The smallest absolute Gasteiger partial charge is 0.346 e. The fourth-order valence-corrected chi connectivity index (χ4v) is 5.47. The van der Waals surface area contributed by atoms with Crippen LogP contribution in [0.5, 0.6) is 0 Å². The summed E-state index contributed by atoms with van der Waals surface area (Å²) < 4.78 is 27.3. The number of sulfone groups is 1. The van der Waals surface area contributed by atoms with E-state index in [2.05, 4.69) is 0 Å². The number of aliphatic carboxylic acids is 1. The molecule has 0 unspecified atom stereocenters. The van der Waals surface area contributed by atoms with Gasteiger partial charge in [-0.05, 0) is 50.8 Å². The number of aryl methyl sites for hydroxylation is 1. The van der Waals surface area contributed by atoms with E-state index in [-0.39, 0.29) is 34.6 Å². The lowest BCUT2D eigenvalue weighted by atomic mass is 10.0. The number of carboxylic acids is 1. The van der Waals surface area contributed by atoms with Crippen molar-refractivity contribution in [2.75, 3.05) is 17.5 Å². The molecule has 7 nitrogen and oxygen atoms in total. The van der Waals surface area contributed by atoms with Crippen molar-refractivity contribution >= 4 is 44.3 Å². The number of unbranched alkanes of at least 4 members (excludes halogenated alkanes) is 1. The van der Waals surface area contributed by atoms with Gasteiger partial charge in [-0.3, -0.25) is 4.79 Å². The summed E-state index contributed by atoms with van der Waals surface area (Å²) in [6.07, 6.45) is 0.522. The minimum Gasteiger partial charge on any atom is -0.479 e. The van der Waals surface area contributed by atoms with E-state index in [4.69, 9.17) is 5.73 Å². The third-order valence-corrected chi connectivity index (χ3v) is 7.51. The van der Waals surface area contributed by atoms with E-state index in [0.29, 0.717) is 13.0 Å². The van der Waals surface area contributed by atoms with Gasteiger partial charge < -0.3 is 15.7 Å². The second-order valence-electron chi connectivity index (χ2n) is 7.18. The topological polar surface area (TPSA) is 118 Å². The number of nitrogens with zero attached hydrogens (tertiary/aromatic N) is 1. The molecule has 0 bridgehead atoms. The van der Waals surface area contributed by atoms with Crippen molar-refractivity contribution in [3.05, 3.63) is 29.8 Å². The Hall–Kier alpha value is -1.20. The highest BCUT2D eigenvalue weighted by atomic mass is 127. The summed E-state index contributed by atoms with van der Waals surface area (Å²) in [4.78, 5) is 23.8. The van der Waals surface area contributed by atoms with Crippen molar-refractivity contribution in [1.82, 2.24) is 4.90 Å². The van der Waals surface area contributed by atoms with Crippen LogP contribution in [0.1, 0.15) is 38.7 Å². The SMILES string of the molecule is Cc1ccc(S(=O)(=O)[C@](CCCCN)(C(=O)O)N(CC(C)C)C(=O)CI)cc1. The Balaban J connectivity index is 3.74.